The van der Waals surface area contributed by atoms with Crippen molar-refractivity contribution in [1.29, 1.82) is 0 Å². The summed E-state index contributed by atoms with van der Waals surface area (Å²) in [4.78, 5) is 0. The first-order valence-electron chi connectivity index (χ1n) is 10.1. The second kappa shape index (κ2) is 8.97. The Kier molecular flexibility index (Phi) is 5.96. The molecule has 5 nitrogen and oxygen atoms in total. The molecular weight excluding hydrogens is 362 g/mol. The minimum absolute atomic E-state index is 0.140. The Balaban J connectivity index is 1.55. The first kappa shape index (κ1) is 19.3. The van der Waals surface area contributed by atoms with Crippen LogP contribution in [0.3, 0.4) is 0 Å². The number of fused-ring (bicyclic) bond motifs is 1. The van der Waals surface area contributed by atoms with Gasteiger partial charge in [0.25, 0.3) is 0 Å². The predicted octanol–water partition coefficient (Wildman–Crippen LogP) is 4.39. The molecule has 0 fully saturated rings. The van der Waals surface area contributed by atoms with Crippen LogP contribution in [0.15, 0.2) is 60.9 Å². The lowest BCUT2D eigenvalue weighted by Crippen LogP contribution is -2.28. The van der Waals surface area contributed by atoms with E-state index in [0.717, 1.165) is 42.1 Å². The fourth-order valence-corrected chi connectivity index (χ4v) is 3.62. The van der Waals surface area contributed by atoms with Gasteiger partial charge in [-0.1, -0.05) is 42.5 Å². The summed E-state index contributed by atoms with van der Waals surface area (Å²) in [5.74, 6) is 1.56. The predicted molar refractivity (Wildman–Crippen MR) is 115 cm³/mol. The average molecular weight is 389 g/mol. The molecule has 5 heteroatoms. The SMILES string of the molecule is CCn1cc(/C=C/C2NCCc3cc(OCc4ccccc4)c(OC)cc32)cn1. The molecule has 150 valence electrons. The van der Waals surface area contributed by atoms with Gasteiger partial charge < -0.3 is 14.8 Å². The van der Waals surface area contributed by atoms with Gasteiger partial charge in [0.05, 0.1) is 19.3 Å². The third-order valence-electron chi connectivity index (χ3n) is 5.21. The molecule has 3 aromatic rings. The number of benzene rings is 2. The van der Waals surface area contributed by atoms with Crippen molar-refractivity contribution in [2.45, 2.75) is 32.5 Å². The number of ether oxygens (including phenoxy) is 2. The minimum atomic E-state index is 0.140. The van der Waals surface area contributed by atoms with E-state index in [4.69, 9.17) is 9.47 Å². The third-order valence-corrected chi connectivity index (χ3v) is 5.21. The second-order valence-electron chi connectivity index (χ2n) is 7.15. The van der Waals surface area contributed by atoms with Gasteiger partial charge in [-0.05, 0) is 42.2 Å². The maximum atomic E-state index is 6.09. The summed E-state index contributed by atoms with van der Waals surface area (Å²) in [6, 6.07) is 14.6. The van der Waals surface area contributed by atoms with Crippen molar-refractivity contribution in [3.05, 3.63) is 83.2 Å². The van der Waals surface area contributed by atoms with Crippen LogP contribution >= 0.6 is 0 Å². The lowest BCUT2D eigenvalue weighted by atomic mass is 9.93. The van der Waals surface area contributed by atoms with Crippen LogP contribution in [0.5, 0.6) is 11.5 Å². The van der Waals surface area contributed by atoms with Crippen molar-refractivity contribution in [3.63, 3.8) is 0 Å². The zero-order valence-corrected chi connectivity index (χ0v) is 17.0. The van der Waals surface area contributed by atoms with E-state index in [1.54, 1.807) is 7.11 Å². The van der Waals surface area contributed by atoms with E-state index in [9.17, 15) is 0 Å². The number of rotatable bonds is 7. The Hall–Kier alpha value is -3.05. The molecule has 29 heavy (non-hydrogen) atoms. The highest BCUT2D eigenvalue weighted by atomic mass is 16.5. The Morgan fingerprint density at radius 2 is 2.07 bits per heavy atom. The molecule has 1 atom stereocenters. The van der Waals surface area contributed by atoms with Crippen molar-refractivity contribution in [2.75, 3.05) is 13.7 Å². The van der Waals surface area contributed by atoms with Gasteiger partial charge in [-0.3, -0.25) is 4.68 Å². The average Bonchev–Trinajstić information content (AvgIpc) is 3.24. The normalized spacial score (nSPS) is 16.0. The molecular formula is C24H27N3O2. The number of methoxy groups -OCH3 is 1. The Bertz CT molecular complexity index is 979. The van der Waals surface area contributed by atoms with Gasteiger partial charge in [0.2, 0.25) is 0 Å². The van der Waals surface area contributed by atoms with Gasteiger partial charge in [-0.25, -0.2) is 0 Å². The molecule has 1 unspecified atom stereocenters. The van der Waals surface area contributed by atoms with Crippen LogP contribution in [-0.2, 0) is 19.6 Å². The van der Waals surface area contributed by atoms with Gasteiger partial charge in [0.15, 0.2) is 11.5 Å². The molecule has 0 amide bonds. The molecule has 2 heterocycles. The monoisotopic (exact) mass is 389 g/mol. The van der Waals surface area contributed by atoms with E-state index in [-0.39, 0.29) is 6.04 Å². The molecule has 0 aliphatic carbocycles. The number of nitrogens with one attached hydrogen (secondary N) is 1. The van der Waals surface area contributed by atoms with Crippen LogP contribution in [0, 0.1) is 0 Å². The smallest absolute Gasteiger partial charge is 0.161 e. The number of hydrogen-bond acceptors (Lipinski definition) is 4. The molecule has 4 rings (SSSR count). The zero-order chi connectivity index (χ0) is 20.1. The molecule has 1 aliphatic heterocycles. The summed E-state index contributed by atoms with van der Waals surface area (Å²) in [5.41, 5.74) is 4.78. The fraction of sp³-hybridized carbons (Fsp3) is 0.292. The molecule has 2 aromatic carbocycles. The van der Waals surface area contributed by atoms with Gasteiger partial charge in [0, 0.05) is 24.8 Å². The van der Waals surface area contributed by atoms with Gasteiger partial charge >= 0.3 is 0 Å². The summed E-state index contributed by atoms with van der Waals surface area (Å²) in [6.07, 6.45) is 9.24. The first-order chi connectivity index (χ1) is 14.3. The van der Waals surface area contributed by atoms with Crippen molar-refractivity contribution < 1.29 is 9.47 Å². The Morgan fingerprint density at radius 3 is 2.83 bits per heavy atom. The van der Waals surface area contributed by atoms with E-state index >= 15 is 0 Å². The number of nitrogens with zero attached hydrogens (tertiary/aromatic N) is 2. The first-order valence-corrected chi connectivity index (χ1v) is 10.1. The Labute approximate surface area is 172 Å². The summed E-state index contributed by atoms with van der Waals surface area (Å²) < 4.78 is 13.7. The maximum absolute atomic E-state index is 6.09. The lowest BCUT2D eigenvalue weighted by molar-refractivity contribution is 0.283. The molecule has 0 bridgehead atoms. The molecule has 1 aromatic heterocycles. The second-order valence-corrected chi connectivity index (χ2v) is 7.15. The Morgan fingerprint density at radius 1 is 1.21 bits per heavy atom. The van der Waals surface area contributed by atoms with E-state index in [1.807, 2.05) is 29.1 Å². The number of hydrogen-bond donors (Lipinski definition) is 1. The number of aryl methyl sites for hydroxylation is 1. The largest absolute Gasteiger partial charge is 0.493 e. The fourth-order valence-electron chi connectivity index (χ4n) is 3.62. The van der Waals surface area contributed by atoms with E-state index in [0.29, 0.717) is 6.61 Å². The maximum Gasteiger partial charge on any atom is 0.161 e. The molecule has 0 radical (unpaired) electrons. The van der Waals surface area contributed by atoms with Gasteiger partial charge in [-0.15, -0.1) is 0 Å². The van der Waals surface area contributed by atoms with E-state index in [1.165, 1.54) is 11.1 Å². The minimum Gasteiger partial charge on any atom is -0.493 e. The molecule has 0 saturated carbocycles. The van der Waals surface area contributed by atoms with Crippen LogP contribution in [0.4, 0.5) is 0 Å². The topological polar surface area (TPSA) is 48.3 Å². The van der Waals surface area contributed by atoms with Crippen LogP contribution in [0.2, 0.25) is 0 Å². The van der Waals surface area contributed by atoms with Crippen molar-refractivity contribution in [1.82, 2.24) is 15.1 Å². The summed E-state index contributed by atoms with van der Waals surface area (Å²) in [5, 5.41) is 7.92. The van der Waals surface area contributed by atoms with E-state index in [2.05, 4.69) is 60.0 Å². The highest BCUT2D eigenvalue weighted by Gasteiger charge is 2.21. The third kappa shape index (κ3) is 4.51. The van der Waals surface area contributed by atoms with Crippen LogP contribution in [0.1, 0.15) is 35.2 Å². The molecule has 1 aliphatic rings. The van der Waals surface area contributed by atoms with Gasteiger partial charge in [-0.2, -0.15) is 5.10 Å². The highest BCUT2D eigenvalue weighted by molar-refractivity contribution is 5.54. The quantitative estimate of drug-likeness (QED) is 0.651. The van der Waals surface area contributed by atoms with Crippen LogP contribution < -0.4 is 14.8 Å². The van der Waals surface area contributed by atoms with Gasteiger partial charge in [0.1, 0.15) is 6.61 Å². The summed E-state index contributed by atoms with van der Waals surface area (Å²) >= 11 is 0. The molecule has 0 spiro atoms. The van der Waals surface area contributed by atoms with E-state index < -0.39 is 0 Å². The zero-order valence-electron chi connectivity index (χ0n) is 17.0. The summed E-state index contributed by atoms with van der Waals surface area (Å²) in [7, 11) is 1.69. The molecule has 1 N–H and O–H groups in total. The summed E-state index contributed by atoms with van der Waals surface area (Å²) in [6.45, 7) is 4.42. The highest BCUT2D eigenvalue weighted by Crippen LogP contribution is 2.36. The van der Waals surface area contributed by atoms with Crippen molar-refractivity contribution in [2.24, 2.45) is 0 Å². The van der Waals surface area contributed by atoms with Crippen molar-refractivity contribution >= 4 is 6.08 Å². The van der Waals surface area contributed by atoms with Crippen LogP contribution in [0.25, 0.3) is 6.08 Å². The number of aromatic nitrogens is 2. The molecule has 0 saturated heterocycles. The van der Waals surface area contributed by atoms with Crippen LogP contribution in [-0.4, -0.2) is 23.4 Å². The standard InChI is InChI=1S/C24H27N3O2/c1-3-27-16-19(15-26-27)9-10-22-21-14-23(28-2)24(13-20(21)11-12-25-22)29-17-18-7-5-4-6-8-18/h4-10,13-16,22,25H,3,11-12,17H2,1-2H3/b10-9+. The lowest BCUT2D eigenvalue weighted by Gasteiger charge is -2.26. The van der Waals surface area contributed by atoms with Crippen molar-refractivity contribution in [3.8, 4) is 11.5 Å².